The van der Waals surface area contributed by atoms with Gasteiger partial charge in [0.05, 0.1) is 15.5 Å². The maximum absolute atomic E-state index is 12.1. The highest BCUT2D eigenvalue weighted by Crippen LogP contribution is 2.25. The Morgan fingerprint density at radius 3 is 2.56 bits per heavy atom. The van der Waals surface area contributed by atoms with E-state index in [1.807, 2.05) is 0 Å². The molecule has 5 nitrogen and oxygen atoms in total. The van der Waals surface area contributed by atoms with Crippen molar-refractivity contribution < 1.29 is 13.2 Å². The minimum Gasteiger partial charge on any atom is -0.355 e. The zero-order valence-corrected chi connectivity index (χ0v) is 11.4. The van der Waals surface area contributed by atoms with Gasteiger partial charge in [-0.3, -0.25) is 4.79 Å². The van der Waals surface area contributed by atoms with E-state index in [9.17, 15) is 13.2 Å². The van der Waals surface area contributed by atoms with Crippen LogP contribution in [-0.4, -0.2) is 38.8 Å². The average Bonchev–Trinajstić information content (AvgIpc) is 2.25. The summed E-state index contributed by atoms with van der Waals surface area (Å²) >= 11 is 5.88. The van der Waals surface area contributed by atoms with Gasteiger partial charge in [0.2, 0.25) is 10.0 Å². The molecule has 1 N–H and O–H groups in total. The third kappa shape index (κ3) is 2.23. The Labute approximate surface area is 111 Å². The topological polar surface area (TPSA) is 66.5 Å². The molecule has 1 aromatic rings. The van der Waals surface area contributed by atoms with Crippen LogP contribution in [0.1, 0.15) is 16.8 Å². The van der Waals surface area contributed by atoms with Crippen LogP contribution in [0.2, 0.25) is 5.02 Å². The van der Waals surface area contributed by atoms with Crippen molar-refractivity contribution in [2.45, 2.75) is 11.3 Å². The van der Waals surface area contributed by atoms with Crippen LogP contribution in [0, 0.1) is 0 Å². The maximum atomic E-state index is 12.1. The van der Waals surface area contributed by atoms with E-state index < -0.39 is 15.9 Å². The summed E-state index contributed by atoms with van der Waals surface area (Å²) in [4.78, 5) is 11.7. The number of benzene rings is 1. The summed E-state index contributed by atoms with van der Waals surface area (Å²) in [5, 5.41) is 2.66. The van der Waals surface area contributed by atoms with Crippen molar-refractivity contribution >= 4 is 27.5 Å². The molecular weight excluding hydrogens is 276 g/mol. The number of hydrogen-bond acceptors (Lipinski definition) is 3. The lowest BCUT2D eigenvalue weighted by atomic mass is 10.2. The minimum absolute atomic E-state index is 0.102. The predicted molar refractivity (Wildman–Crippen MR) is 68.2 cm³/mol. The highest BCUT2D eigenvalue weighted by atomic mass is 35.5. The van der Waals surface area contributed by atoms with Crippen LogP contribution >= 0.6 is 11.6 Å². The SMILES string of the molecule is CNC(=O)c1cc(S(=O)(=O)N2CCC2)ccc1Cl. The van der Waals surface area contributed by atoms with Crippen LogP contribution < -0.4 is 5.32 Å². The normalized spacial score (nSPS) is 16.1. The Bertz CT molecular complexity index is 582. The molecule has 0 spiro atoms. The molecule has 7 heteroatoms. The fraction of sp³-hybridized carbons (Fsp3) is 0.364. The van der Waals surface area contributed by atoms with Gasteiger partial charge in [0.15, 0.2) is 0 Å². The van der Waals surface area contributed by atoms with E-state index in [1.54, 1.807) is 0 Å². The molecule has 1 heterocycles. The molecule has 0 aliphatic carbocycles. The van der Waals surface area contributed by atoms with Gasteiger partial charge < -0.3 is 5.32 Å². The number of hydrogen-bond donors (Lipinski definition) is 1. The van der Waals surface area contributed by atoms with Crippen molar-refractivity contribution in [3.8, 4) is 0 Å². The Hall–Kier alpha value is -1.11. The minimum atomic E-state index is -3.49. The van der Waals surface area contributed by atoms with Crippen LogP contribution in [0.25, 0.3) is 0 Å². The zero-order valence-electron chi connectivity index (χ0n) is 9.81. The van der Waals surface area contributed by atoms with Crippen molar-refractivity contribution in [2.75, 3.05) is 20.1 Å². The van der Waals surface area contributed by atoms with Crippen molar-refractivity contribution in [2.24, 2.45) is 0 Å². The standard InChI is InChI=1S/C11H13ClN2O3S/c1-13-11(15)9-7-8(3-4-10(9)12)18(16,17)14-5-2-6-14/h3-4,7H,2,5-6H2,1H3,(H,13,15). The van der Waals surface area contributed by atoms with Gasteiger partial charge in [0, 0.05) is 20.1 Å². The first-order chi connectivity index (χ1) is 8.46. The molecule has 1 aliphatic rings. The molecule has 1 aromatic carbocycles. The van der Waals surface area contributed by atoms with Crippen LogP contribution in [0.15, 0.2) is 23.1 Å². The van der Waals surface area contributed by atoms with Crippen LogP contribution in [-0.2, 0) is 10.0 Å². The zero-order chi connectivity index (χ0) is 13.3. The van der Waals surface area contributed by atoms with Crippen molar-refractivity contribution in [1.82, 2.24) is 9.62 Å². The molecule has 1 saturated heterocycles. The van der Waals surface area contributed by atoms with E-state index in [4.69, 9.17) is 11.6 Å². The Kier molecular flexibility index (Phi) is 3.61. The molecule has 0 aromatic heterocycles. The molecule has 1 amide bonds. The van der Waals surface area contributed by atoms with E-state index in [0.29, 0.717) is 13.1 Å². The summed E-state index contributed by atoms with van der Waals surface area (Å²) in [6.45, 7) is 1.06. The third-order valence-corrected chi connectivity index (χ3v) is 5.09. The van der Waals surface area contributed by atoms with E-state index in [2.05, 4.69) is 5.32 Å². The first kappa shape index (κ1) is 13.3. The third-order valence-electron chi connectivity index (χ3n) is 2.86. The number of sulfonamides is 1. The number of amides is 1. The molecule has 2 rings (SSSR count). The van der Waals surface area contributed by atoms with Gasteiger partial charge in [-0.1, -0.05) is 11.6 Å². The highest BCUT2D eigenvalue weighted by molar-refractivity contribution is 7.89. The maximum Gasteiger partial charge on any atom is 0.252 e. The molecule has 1 fully saturated rings. The van der Waals surface area contributed by atoms with Crippen molar-refractivity contribution in [1.29, 1.82) is 0 Å². The summed E-state index contributed by atoms with van der Waals surface area (Å²) < 4.78 is 25.7. The monoisotopic (exact) mass is 288 g/mol. The summed E-state index contributed by atoms with van der Waals surface area (Å²) in [5.41, 5.74) is 0.167. The Balaban J connectivity index is 2.43. The summed E-state index contributed by atoms with van der Waals surface area (Å²) in [6.07, 6.45) is 0.870. The molecule has 1 aliphatic heterocycles. The van der Waals surface area contributed by atoms with Crippen molar-refractivity contribution in [3.63, 3.8) is 0 Å². The number of nitrogens with one attached hydrogen (secondary N) is 1. The van der Waals surface area contributed by atoms with Gasteiger partial charge in [-0.2, -0.15) is 4.31 Å². The predicted octanol–water partition coefficient (Wildman–Crippen LogP) is 1.09. The molecule has 0 atom stereocenters. The van der Waals surface area contributed by atoms with Gasteiger partial charge in [-0.05, 0) is 24.6 Å². The number of carbonyl (C=O) groups excluding carboxylic acids is 1. The van der Waals surface area contributed by atoms with E-state index in [0.717, 1.165) is 6.42 Å². The van der Waals surface area contributed by atoms with Gasteiger partial charge in [-0.15, -0.1) is 0 Å². The molecule has 18 heavy (non-hydrogen) atoms. The highest BCUT2D eigenvalue weighted by Gasteiger charge is 2.30. The largest absolute Gasteiger partial charge is 0.355 e. The second-order valence-corrected chi connectivity index (χ2v) is 6.32. The van der Waals surface area contributed by atoms with Gasteiger partial charge in [-0.25, -0.2) is 8.42 Å². The summed E-state index contributed by atoms with van der Waals surface area (Å²) in [6, 6.07) is 4.16. The average molecular weight is 289 g/mol. The Morgan fingerprint density at radius 2 is 2.06 bits per heavy atom. The number of halogens is 1. The Morgan fingerprint density at radius 1 is 1.39 bits per heavy atom. The molecule has 0 bridgehead atoms. The fourth-order valence-electron chi connectivity index (χ4n) is 1.65. The van der Waals surface area contributed by atoms with Crippen LogP contribution in [0.3, 0.4) is 0 Å². The van der Waals surface area contributed by atoms with Gasteiger partial charge in [0.25, 0.3) is 5.91 Å². The molecule has 0 saturated carbocycles. The molecular formula is C11H13ClN2O3S. The second-order valence-electron chi connectivity index (χ2n) is 3.98. The lowest BCUT2D eigenvalue weighted by Crippen LogP contribution is -2.41. The number of nitrogens with zero attached hydrogens (tertiary/aromatic N) is 1. The lowest BCUT2D eigenvalue weighted by molar-refractivity contribution is 0.0963. The molecule has 0 unspecified atom stereocenters. The summed E-state index contributed by atoms with van der Waals surface area (Å²) in [7, 11) is -2.02. The smallest absolute Gasteiger partial charge is 0.252 e. The van der Waals surface area contributed by atoms with Gasteiger partial charge in [0.1, 0.15) is 0 Å². The number of carbonyl (C=O) groups is 1. The van der Waals surface area contributed by atoms with E-state index in [1.165, 1.54) is 29.6 Å². The number of rotatable bonds is 3. The van der Waals surface area contributed by atoms with Gasteiger partial charge >= 0.3 is 0 Å². The van der Waals surface area contributed by atoms with Crippen LogP contribution in [0.4, 0.5) is 0 Å². The lowest BCUT2D eigenvalue weighted by Gasteiger charge is -2.29. The molecule has 98 valence electrons. The first-order valence-electron chi connectivity index (χ1n) is 5.48. The van der Waals surface area contributed by atoms with Crippen LogP contribution in [0.5, 0.6) is 0 Å². The summed E-state index contributed by atoms with van der Waals surface area (Å²) in [5.74, 6) is -0.402. The van der Waals surface area contributed by atoms with E-state index in [-0.39, 0.29) is 15.5 Å². The fourth-order valence-corrected chi connectivity index (χ4v) is 3.40. The van der Waals surface area contributed by atoms with E-state index >= 15 is 0 Å². The quantitative estimate of drug-likeness (QED) is 0.905. The first-order valence-corrected chi connectivity index (χ1v) is 7.30. The van der Waals surface area contributed by atoms with Crippen molar-refractivity contribution in [3.05, 3.63) is 28.8 Å². The molecule has 0 radical (unpaired) electrons. The second kappa shape index (κ2) is 4.87.